The molecule has 19 heavy (non-hydrogen) atoms. The summed E-state index contributed by atoms with van der Waals surface area (Å²) in [5.41, 5.74) is 1.33. The third-order valence-electron chi connectivity index (χ3n) is 3.55. The summed E-state index contributed by atoms with van der Waals surface area (Å²) in [6, 6.07) is 8.98. The Kier molecular flexibility index (Phi) is 5.67. The molecule has 0 radical (unpaired) electrons. The average molecular weight is 263 g/mol. The Morgan fingerprint density at radius 3 is 2.84 bits per heavy atom. The molecule has 0 atom stereocenters. The number of hydrogen-bond acceptors (Lipinski definition) is 3. The summed E-state index contributed by atoms with van der Waals surface area (Å²) in [4.78, 5) is 0. The smallest absolute Gasteiger partial charge is 0.119 e. The van der Waals surface area contributed by atoms with Crippen LogP contribution in [-0.2, 0) is 4.74 Å². The molecule has 1 aliphatic rings. The van der Waals surface area contributed by atoms with E-state index >= 15 is 0 Å². The first kappa shape index (κ1) is 14.4. The van der Waals surface area contributed by atoms with E-state index in [4.69, 9.17) is 9.47 Å². The Labute approximate surface area is 116 Å². The number of nitrogens with one attached hydrogen (secondary N) is 1. The fourth-order valence-corrected chi connectivity index (χ4v) is 2.30. The third kappa shape index (κ3) is 4.84. The van der Waals surface area contributed by atoms with E-state index in [9.17, 15) is 0 Å². The van der Waals surface area contributed by atoms with E-state index in [1.807, 2.05) is 6.07 Å². The van der Waals surface area contributed by atoms with Gasteiger partial charge in [-0.25, -0.2) is 0 Å². The fraction of sp³-hybridized carbons (Fsp3) is 0.625. The maximum atomic E-state index is 5.79. The normalized spacial score (nSPS) is 16.8. The maximum absolute atomic E-state index is 5.79. The molecule has 1 aliphatic heterocycles. The second-order valence-corrected chi connectivity index (χ2v) is 5.42. The lowest BCUT2D eigenvalue weighted by atomic mass is 10.0. The van der Waals surface area contributed by atoms with Crippen LogP contribution in [0.15, 0.2) is 24.3 Å². The fourth-order valence-electron chi connectivity index (χ4n) is 2.30. The summed E-state index contributed by atoms with van der Waals surface area (Å²) in [5.74, 6) is 1.52. The molecule has 1 N–H and O–H groups in total. The van der Waals surface area contributed by atoms with Gasteiger partial charge in [0.25, 0.3) is 0 Å². The van der Waals surface area contributed by atoms with E-state index in [-0.39, 0.29) is 0 Å². The molecule has 1 aromatic carbocycles. The van der Waals surface area contributed by atoms with Gasteiger partial charge in [-0.15, -0.1) is 0 Å². The Morgan fingerprint density at radius 2 is 2.11 bits per heavy atom. The van der Waals surface area contributed by atoms with Gasteiger partial charge in [0, 0.05) is 25.8 Å². The minimum absolute atomic E-state index is 0.545. The Hall–Kier alpha value is -1.06. The van der Waals surface area contributed by atoms with Crippen LogP contribution in [0.4, 0.5) is 0 Å². The van der Waals surface area contributed by atoms with Gasteiger partial charge in [-0.2, -0.15) is 0 Å². The van der Waals surface area contributed by atoms with Crippen molar-refractivity contribution >= 4 is 0 Å². The second-order valence-electron chi connectivity index (χ2n) is 5.42. The van der Waals surface area contributed by atoms with Crippen molar-refractivity contribution < 1.29 is 9.47 Å². The van der Waals surface area contributed by atoms with Crippen LogP contribution in [0.5, 0.6) is 5.75 Å². The van der Waals surface area contributed by atoms with Crippen molar-refractivity contribution in [3.05, 3.63) is 29.8 Å². The van der Waals surface area contributed by atoms with Crippen LogP contribution in [0.25, 0.3) is 0 Å². The topological polar surface area (TPSA) is 30.5 Å². The molecule has 2 rings (SSSR count). The highest BCUT2D eigenvalue weighted by atomic mass is 16.5. The molecule has 3 heteroatoms. The highest BCUT2D eigenvalue weighted by Crippen LogP contribution is 2.19. The molecule has 106 valence electrons. The van der Waals surface area contributed by atoms with E-state index < -0.39 is 0 Å². The van der Waals surface area contributed by atoms with Gasteiger partial charge in [-0.05, 0) is 36.5 Å². The van der Waals surface area contributed by atoms with Gasteiger partial charge >= 0.3 is 0 Å². The zero-order valence-electron chi connectivity index (χ0n) is 12.0. The van der Waals surface area contributed by atoms with Crippen molar-refractivity contribution in [1.29, 1.82) is 0 Å². The molecule has 0 aromatic heterocycles. The minimum Gasteiger partial charge on any atom is -0.492 e. The van der Waals surface area contributed by atoms with Crippen LogP contribution in [0.3, 0.4) is 0 Å². The van der Waals surface area contributed by atoms with Gasteiger partial charge in [0.15, 0.2) is 0 Å². The lowest BCUT2D eigenvalue weighted by Gasteiger charge is -2.23. The summed E-state index contributed by atoms with van der Waals surface area (Å²) in [5, 5.41) is 3.52. The maximum Gasteiger partial charge on any atom is 0.119 e. The zero-order chi connectivity index (χ0) is 13.5. The summed E-state index contributed by atoms with van der Waals surface area (Å²) >= 11 is 0. The summed E-state index contributed by atoms with van der Waals surface area (Å²) in [7, 11) is 0. The molecular weight excluding hydrogens is 238 g/mol. The first-order valence-corrected chi connectivity index (χ1v) is 7.29. The Bertz CT molecular complexity index is 373. The van der Waals surface area contributed by atoms with Gasteiger partial charge < -0.3 is 14.8 Å². The summed E-state index contributed by atoms with van der Waals surface area (Å²) in [6.07, 6.45) is 2.23. The molecular formula is C16H25NO2. The largest absolute Gasteiger partial charge is 0.492 e. The highest BCUT2D eigenvalue weighted by Gasteiger charge is 2.12. The van der Waals surface area contributed by atoms with E-state index in [1.54, 1.807) is 0 Å². The molecule has 0 spiro atoms. The van der Waals surface area contributed by atoms with Crippen molar-refractivity contribution in [3.63, 3.8) is 0 Å². The van der Waals surface area contributed by atoms with Crippen LogP contribution in [-0.4, -0.2) is 32.4 Å². The first-order chi connectivity index (χ1) is 9.25. The number of ether oxygens (including phenoxy) is 2. The predicted molar refractivity (Wildman–Crippen MR) is 77.9 cm³/mol. The van der Waals surface area contributed by atoms with E-state index in [0.29, 0.717) is 12.0 Å². The number of hydrogen-bond donors (Lipinski definition) is 1. The van der Waals surface area contributed by atoms with Crippen LogP contribution in [0, 0.1) is 0 Å². The molecule has 1 aromatic rings. The van der Waals surface area contributed by atoms with Crippen molar-refractivity contribution in [3.8, 4) is 5.75 Å². The summed E-state index contributed by atoms with van der Waals surface area (Å²) in [6.45, 7) is 7.79. The Morgan fingerprint density at radius 1 is 1.32 bits per heavy atom. The second kappa shape index (κ2) is 7.51. The number of benzene rings is 1. The molecule has 0 bridgehead atoms. The lowest BCUT2D eigenvalue weighted by molar-refractivity contribution is 0.0770. The summed E-state index contributed by atoms with van der Waals surface area (Å²) < 4.78 is 11.1. The average Bonchev–Trinajstić information content (AvgIpc) is 2.45. The molecule has 0 aliphatic carbocycles. The van der Waals surface area contributed by atoms with Crippen molar-refractivity contribution in [2.75, 3.05) is 26.4 Å². The first-order valence-electron chi connectivity index (χ1n) is 7.29. The number of rotatable bonds is 6. The van der Waals surface area contributed by atoms with Gasteiger partial charge in [-0.3, -0.25) is 0 Å². The van der Waals surface area contributed by atoms with Gasteiger partial charge in [-0.1, -0.05) is 26.0 Å². The molecule has 1 fully saturated rings. The van der Waals surface area contributed by atoms with Gasteiger partial charge in [0.05, 0.1) is 0 Å². The van der Waals surface area contributed by atoms with Crippen LogP contribution in [0.2, 0.25) is 0 Å². The lowest BCUT2D eigenvalue weighted by Crippen LogP contribution is -2.37. The molecule has 0 saturated carbocycles. The van der Waals surface area contributed by atoms with Gasteiger partial charge in [0.2, 0.25) is 0 Å². The minimum atomic E-state index is 0.545. The molecule has 3 nitrogen and oxygen atoms in total. The monoisotopic (exact) mass is 263 g/mol. The highest BCUT2D eigenvalue weighted by molar-refractivity contribution is 5.30. The van der Waals surface area contributed by atoms with E-state index in [2.05, 4.69) is 37.4 Å². The van der Waals surface area contributed by atoms with Crippen molar-refractivity contribution in [1.82, 2.24) is 5.32 Å². The standard InChI is InChI=1S/C16H25NO2/c1-13(2)14-4-3-5-16(12-14)19-11-8-17-15-6-9-18-10-7-15/h3-5,12-13,15,17H,6-11H2,1-2H3. The SMILES string of the molecule is CC(C)c1cccc(OCCNC2CCOCC2)c1. The zero-order valence-corrected chi connectivity index (χ0v) is 12.0. The Balaban J connectivity index is 1.68. The van der Waals surface area contributed by atoms with Gasteiger partial charge in [0.1, 0.15) is 12.4 Å². The van der Waals surface area contributed by atoms with Crippen molar-refractivity contribution in [2.24, 2.45) is 0 Å². The predicted octanol–water partition coefficient (Wildman–Crippen LogP) is 2.96. The van der Waals surface area contributed by atoms with Crippen LogP contribution < -0.4 is 10.1 Å². The molecule has 0 amide bonds. The van der Waals surface area contributed by atoms with E-state index in [0.717, 1.165) is 45.0 Å². The quantitative estimate of drug-likeness (QED) is 0.800. The van der Waals surface area contributed by atoms with E-state index in [1.165, 1.54) is 5.56 Å². The van der Waals surface area contributed by atoms with Crippen LogP contribution >= 0.6 is 0 Å². The third-order valence-corrected chi connectivity index (χ3v) is 3.55. The molecule has 1 heterocycles. The molecule has 1 saturated heterocycles. The van der Waals surface area contributed by atoms with Crippen LogP contribution in [0.1, 0.15) is 38.2 Å². The van der Waals surface area contributed by atoms with Crippen molar-refractivity contribution in [2.45, 2.75) is 38.6 Å². The molecule has 0 unspecified atom stereocenters.